The lowest BCUT2D eigenvalue weighted by atomic mass is 9.94. The number of rotatable bonds is 5. The second kappa shape index (κ2) is 8.57. The summed E-state index contributed by atoms with van der Waals surface area (Å²) in [6.45, 7) is 2.91. The predicted molar refractivity (Wildman–Crippen MR) is 116 cm³/mol. The van der Waals surface area contributed by atoms with E-state index >= 15 is 0 Å². The first-order valence-corrected chi connectivity index (χ1v) is 10.1. The highest BCUT2D eigenvalue weighted by Crippen LogP contribution is 2.27. The Hall–Kier alpha value is -2.99. The predicted octanol–water partition coefficient (Wildman–Crippen LogP) is 3.28. The first-order valence-electron chi connectivity index (χ1n) is 10.1. The van der Waals surface area contributed by atoms with Crippen LogP contribution in [-0.4, -0.2) is 47.0 Å². The number of hydrogen-bond donors (Lipinski definition) is 1. The number of aromatic amines is 1. The number of H-pyrrole nitrogens is 1. The number of nitrogens with zero attached hydrogens (tertiary/aromatic N) is 4. The standard InChI is InChI=1S/C23H27N5O/c1-27(2)20-9-7-17(8-10-20)15-28-12-4-6-19(16-28)21-13-22(29)26-23(25-21)18-5-3-11-24-14-18/h3,5,7-11,13-14,19H,4,6,12,15-16H2,1-2H3,(H,25,26,29). The second-order valence-corrected chi connectivity index (χ2v) is 7.90. The molecule has 4 rings (SSSR count). The van der Waals surface area contributed by atoms with E-state index in [0.29, 0.717) is 5.82 Å². The molecule has 1 aliphatic rings. The highest BCUT2D eigenvalue weighted by Gasteiger charge is 2.23. The van der Waals surface area contributed by atoms with Crippen LogP contribution < -0.4 is 10.5 Å². The molecule has 1 saturated heterocycles. The molecule has 1 atom stereocenters. The molecule has 1 fully saturated rings. The van der Waals surface area contributed by atoms with Crippen molar-refractivity contribution in [2.45, 2.75) is 25.3 Å². The van der Waals surface area contributed by atoms with Crippen LogP contribution in [0.3, 0.4) is 0 Å². The zero-order valence-electron chi connectivity index (χ0n) is 17.0. The summed E-state index contributed by atoms with van der Waals surface area (Å²) in [4.78, 5) is 28.6. The molecule has 1 aliphatic heterocycles. The Bertz CT molecular complexity index is 998. The summed E-state index contributed by atoms with van der Waals surface area (Å²) in [5.74, 6) is 0.861. The lowest BCUT2D eigenvalue weighted by Gasteiger charge is -2.32. The van der Waals surface area contributed by atoms with Gasteiger partial charge in [0.25, 0.3) is 5.56 Å². The molecule has 0 saturated carbocycles. The number of nitrogens with one attached hydrogen (secondary N) is 1. The molecule has 3 heterocycles. The average Bonchev–Trinajstić information content (AvgIpc) is 2.74. The minimum Gasteiger partial charge on any atom is -0.378 e. The van der Waals surface area contributed by atoms with Crippen LogP contribution in [0.1, 0.15) is 30.0 Å². The van der Waals surface area contributed by atoms with Crippen LogP contribution in [0.4, 0.5) is 5.69 Å². The van der Waals surface area contributed by atoms with Gasteiger partial charge < -0.3 is 9.88 Å². The van der Waals surface area contributed by atoms with Gasteiger partial charge in [-0.25, -0.2) is 4.98 Å². The Morgan fingerprint density at radius 3 is 2.76 bits per heavy atom. The van der Waals surface area contributed by atoms with Crippen LogP contribution in [0.25, 0.3) is 11.4 Å². The van der Waals surface area contributed by atoms with E-state index in [1.54, 1.807) is 18.5 Å². The second-order valence-electron chi connectivity index (χ2n) is 7.90. The number of benzene rings is 1. The van der Waals surface area contributed by atoms with Gasteiger partial charge in [-0.15, -0.1) is 0 Å². The summed E-state index contributed by atoms with van der Waals surface area (Å²) in [6, 6.07) is 14.1. The maximum Gasteiger partial charge on any atom is 0.251 e. The van der Waals surface area contributed by atoms with Crippen LogP contribution in [0.5, 0.6) is 0 Å². The molecule has 0 bridgehead atoms. The lowest BCUT2D eigenvalue weighted by Crippen LogP contribution is -2.34. The van der Waals surface area contributed by atoms with Gasteiger partial charge in [0.2, 0.25) is 0 Å². The number of likely N-dealkylation sites (tertiary alicyclic amines) is 1. The van der Waals surface area contributed by atoms with Gasteiger partial charge in [-0.1, -0.05) is 12.1 Å². The smallest absolute Gasteiger partial charge is 0.251 e. The molecule has 0 aliphatic carbocycles. The highest BCUT2D eigenvalue weighted by atomic mass is 16.1. The van der Waals surface area contributed by atoms with Crippen LogP contribution >= 0.6 is 0 Å². The summed E-state index contributed by atoms with van der Waals surface area (Å²) in [6.07, 6.45) is 5.61. The van der Waals surface area contributed by atoms with Gasteiger partial charge in [0.15, 0.2) is 0 Å². The molecule has 2 aromatic heterocycles. The quantitative estimate of drug-likeness (QED) is 0.725. The zero-order chi connectivity index (χ0) is 20.2. The maximum atomic E-state index is 12.3. The molecule has 1 aromatic carbocycles. The monoisotopic (exact) mass is 389 g/mol. The summed E-state index contributed by atoms with van der Waals surface area (Å²) in [5.41, 5.74) is 4.12. The number of piperidine rings is 1. The zero-order valence-corrected chi connectivity index (χ0v) is 17.0. The van der Waals surface area contributed by atoms with Gasteiger partial charge in [-0.3, -0.25) is 14.7 Å². The van der Waals surface area contributed by atoms with Gasteiger partial charge in [0.1, 0.15) is 5.82 Å². The Kier molecular flexibility index (Phi) is 5.71. The number of hydrogen-bond acceptors (Lipinski definition) is 5. The molecular weight excluding hydrogens is 362 g/mol. The topological polar surface area (TPSA) is 65.1 Å². The fourth-order valence-electron chi connectivity index (χ4n) is 3.92. The van der Waals surface area contributed by atoms with Crippen molar-refractivity contribution in [2.75, 3.05) is 32.1 Å². The van der Waals surface area contributed by atoms with Crippen molar-refractivity contribution in [3.05, 3.63) is 76.5 Å². The van der Waals surface area contributed by atoms with E-state index in [4.69, 9.17) is 4.98 Å². The molecule has 0 spiro atoms. The summed E-state index contributed by atoms with van der Waals surface area (Å²) in [5, 5.41) is 0. The molecule has 0 amide bonds. The Balaban J connectivity index is 1.50. The average molecular weight is 390 g/mol. The minimum atomic E-state index is -0.106. The molecule has 0 radical (unpaired) electrons. The third-order valence-electron chi connectivity index (χ3n) is 5.48. The molecule has 29 heavy (non-hydrogen) atoms. The van der Waals surface area contributed by atoms with E-state index in [0.717, 1.165) is 43.7 Å². The van der Waals surface area contributed by atoms with Crippen molar-refractivity contribution in [1.29, 1.82) is 0 Å². The lowest BCUT2D eigenvalue weighted by molar-refractivity contribution is 0.198. The molecule has 3 aromatic rings. The van der Waals surface area contributed by atoms with Crippen LogP contribution in [0, 0.1) is 0 Å². The van der Waals surface area contributed by atoms with Crippen molar-refractivity contribution >= 4 is 5.69 Å². The van der Waals surface area contributed by atoms with E-state index < -0.39 is 0 Å². The van der Waals surface area contributed by atoms with Crippen molar-refractivity contribution in [2.24, 2.45) is 0 Å². The minimum absolute atomic E-state index is 0.106. The van der Waals surface area contributed by atoms with Crippen molar-refractivity contribution in [1.82, 2.24) is 19.9 Å². The SMILES string of the molecule is CN(C)c1ccc(CN2CCCC(c3cc(=O)[nH]c(-c4cccnc4)n3)C2)cc1. The van der Waals surface area contributed by atoms with Gasteiger partial charge in [-0.2, -0.15) is 0 Å². The van der Waals surface area contributed by atoms with E-state index in [9.17, 15) is 4.79 Å². The Morgan fingerprint density at radius 2 is 2.03 bits per heavy atom. The van der Waals surface area contributed by atoms with E-state index in [-0.39, 0.29) is 11.5 Å². The fourth-order valence-corrected chi connectivity index (χ4v) is 3.92. The highest BCUT2D eigenvalue weighted by molar-refractivity contribution is 5.52. The van der Waals surface area contributed by atoms with E-state index in [1.165, 1.54) is 11.3 Å². The molecule has 6 heteroatoms. The van der Waals surface area contributed by atoms with Gasteiger partial charge >= 0.3 is 0 Å². The largest absolute Gasteiger partial charge is 0.378 e. The summed E-state index contributed by atoms with van der Waals surface area (Å²) in [7, 11) is 4.11. The Morgan fingerprint density at radius 1 is 1.21 bits per heavy atom. The molecule has 1 unspecified atom stereocenters. The van der Waals surface area contributed by atoms with Crippen molar-refractivity contribution in [3.8, 4) is 11.4 Å². The molecule has 6 nitrogen and oxygen atoms in total. The van der Waals surface area contributed by atoms with Crippen molar-refractivity contribution < 1.29 is 0 Å². The maximum absolute atomic E-state index is 12.3. The van der Waals surface area contributed by atoms with Crippen LogP contribution in [-0.2, 0) is 6.54 Å². The fraction of sp³-hybridized carbons (Fsp3) is 0.348. The first-order chi connectivity index (χ1) is 14.1. The third kappa shape index (κ3) is 4.71. The molecule has 150 valence electrons. The number of anilines is 1. The van der Waals surface area contributed by atoms with Crippen molar-refractivity contribution in [3.63, 3.8) is 0 Å². The van der Waals surface area contributed by atoms with Crippen LogP contribution in [0.15, 0.2) is 59.7 Å². The summed E-state index contributed by atoms with van der Waals surface area (Å²) < 4.78 is 0. The molecular formula is C23H27N5O. The molecule has 1 N–H and O–H groups in total. The van der Waals surface area contributed by atoms with E-state index in [2.05, 4.69) is 58.1 Å². The number of pyridine rings is 1. The van der Waals surface area contributed by atoms with Gasteiger partial charge in [0, 0.05) is 62.8 Å². The Labute approximate surface area is 171 Å². The first kappa shape index (κ1) is 19.3. The van der Waals surface area contributed by atoms with Gasteiger partial charge in [0.05, 0.1) is 5.69 Å². The summed E-state index contributed by atoms with van der Waals surface area (Å²) >= 11 is 0. The number of aromatic nitrogens is 3. The van der Waals surface area contributed by atoms with Crippen LogP contribution in [0.2, 0.25) is 0 Å². The third-order valence-corrected chi connectivity index (χ3v) is 5.48. The van der Waals surface area contributed by atoms with E-state index in [1.807, 2.05) is 12.1 Å². The van der Waals surface area contributed by atoms with Gasteiger partial charge in [-0.05, 0) is 49.2 Å². The normalized spacial score (nSPS) is 17.2.